The quantitative estimate of drug-likeness (QED) is 0.166. The van der Waals surface area contributed by atoms with Crippen LogP contribution in [0.3, 0.4) is 0 Å². The van der Waals surface area contributed by atoms with E-state index in [9.17, 15) is 0 Å². The van der Waals surface area contributed by atoms with Crippen LogP contribution in [0.25, 0.3) is 75.4 Å². The molecule has 0 heteroatoms. The molecule has 0 saturated heterocycles. The standard InChI is InChI=1S/C34H20/c1-2-10-22-18-30-29(17-21(22)9-1)27-15-7-8-16-28(27)33-19-31-25-13-5-3-11-23(25)24-12-4-6-14-26(24)32(31)20-34(30)33/h1-20H. The molecule has 0 aliphatic heterocycles. The summed E-state index contributed by atoms with van der Waals surface area (Å²) >= 11 is 0. The summed E-state index contributed by atoms with van der Waals surface area (Å²) in [4.78, 5) is 0. The van der Waals surface area contributed by atoms with Crippen molar-refractivity contribution in [3.63, 3.8) is 0 Å². The Hall–Kier alpha value is -4.42. The van der Waals surface area contributed by atoms with Gasteiger partial charge in [0.15, 0.2) is 0 Å². The van der Waals surface area contributed by atoms with E-state index in [2.05, 4.69) is 121 Å². The third-order valence-electron chi connectivity index (χ3n) is 7.57. The van der Waals surface area contributed by atoms with E-state index in [4.69, 9.17) is 0 Å². The molecular formula is C34H20. The van der Waals surface area contributed by atoms with Gasteiger partial charge in [-0.25, -0.2) is 0 Å². The fraction of sp³-hybridized carbons (Fsp3) is 0. The number of benzene rings is 8. The lowest BCUT2D eigenvalue weighted by Gasteiger charge is -2.15. The van der Waals surface area contributed by atoms with Crippen molar-refractivity contribution in [3.05, 3.63) is 121 Å². The van der Waals surface area contributed by atoms with Crippen LogP contribution in [0.2, 0.25) is 0 Å². The lowest BCUT2D eigenvalue weighted by atomic mass is 9.88. The summed E-state index contributed by atoms with van der Waals surface area (Å²) in [6.07, 6.45) is 0. The summed E-state index contributed by atoms with van der Waals surface area (Å²) in [5.74, 6) is 0. The van der Waals surface area contributed by atoms with Gasteiger partial charge in [0.1, 0.15) is 0 Å². The topological polar surface area (TPSA) is 0 Å². The van der Waals surface area contributed by atoms with E-state index in [-0.39, 0.29) is 0 Å². The summed E-state index contributed by atoms with van der Waals surface area (Å²) in [7, 11) is 0. The molecule has 0 atom stereocenters. The third kappa shape index (κ3) is 2.32. The van der Waals surface area contributed by atoms with Crippen molar-refractivity contribution >= 4 is 75.4 Å². The Bertz CT molecular complexity index is 2110. The number of hydrogen-bond donors (Lipinski definition) is 0. The van der Waals surface area contributed by atoms with E-state index in [1.165, 1.54) is 75.4 Å². The van der Waals surface area contributed by atoms with E-state index < -0.39 is 0 Å². The van der Waals surface area contributed by atoms with Gasteiger partial charge in [-0.3, -0.25) is 0 Å². The van der Waals surface area contributed by atoms with E-state index in [0.717, 1.165) is 0 Å². The highest BCUT2D eigenvalue weighted by Crippen LogP contribution is 2.42. The molecule has 0 aliphatic carbocycles. The second-order valence-electron chi connectivity index (χ2n) is 9.33. The van der Waals surface area contributed by atoms with Gasteiger partial charge >= 0.3 is 0 Å². The first-order chi connectivity index (χ1) is 16.9. The Labute approximate surface area is 196 Å². The zero-order valence-electron chi connectivity index (χ0n) is 18.5. The van der Waals surface area contributed by atoms with Crippen molar-refractivity contribution in [3.8, 4) is 0 Å². The average molecular weight is 429 g/mol. The first-order valence-electron chi connectivity index (χ1n) is 11.9. The second-order valence-corrected chi connectivity index (χ2v) is 9.33. The molecule has 0 radical (unpaired) electrons. The summed E-state index contributed by atoms with van der Waals surface area (Å²) in [6.45, 7) is 0. The van der Waals surface area contributed by atoms with E-state index in [1.807, 2.05) is 0 Å². The minimum atomic E-state index is 1.29. The zero-order valence-corrected chi connectivity index (χ0v) is 18.5. The van der Waals surface area contributed by atoms with Crippen molar-refractivity contribution in [2.24, 2.45) is 0 Å². The van der Waals surface area contributed by atoms with E-state index >= 15 is 0 Å². The molecule has 0 spiro atoms. The first-order valence-corrected chi connectivity index (χ1v) is 11.9. The maximum absolute atomic E-state index is 2.45. The molecule has 156 valence electrons. The van der Waals surface area contributed by atoms with Crippen LogP contribution in [0.5, 0.6) is 0 Å². The molecule has 0 amide bonds. The normalized spacial score (nSPS) is 12.1. The van der Waals surface area contributed by atoms with E-state index in [0.29, 0.717) is 0 Å². The van der Waals surface area contributed by atoms with Gasteiger partial charge in [0.25, 0.3) is 0 Å². The van der Waals surface area contributed by atoms with Gasteiger partial charge in [-0.2, -0.15) is 0 Å². The number of hydrogen-bond acceptors (Lipinski definition) is 0. The summed E-state index contributed by atoms with van der Waals surface area (Å²) in [6, 6.07) is 44.9. The molecule has 8 aromatic rings. The monoisotopic (exact) mass is 428 g/mol. The minimum Gasteiger partial charge on any atom is -0.0616 e. The highest BCUT2D eigenvalue weighted by molar-refractivity contribution is 6.33. The van der Waals surface area contributed by atoms with Crippen molar-refractivity contribution in [2.75, 3.05) is 0 Å². The Morgan fingerprint density at radius 3 is 0.824 bits per heavy atom. The molecule has 0 fully saturated rings. The van der Waals surface area contributed by atoms with Gasteiger partial charge in [0.2, 0.25) is 0 Å². The number of rotatable bonds is 0. The highest BCUT2D eigenvalue weighted by Gasteiger charge is 2.14. The van der Waals surface area contributed by atoms with Crippen LogP contribution in [-0.2, 0) is 0 Å². The van der Waals surface area contributed by atoms with E-state index in [1.54, 1.807) is 0 Å². The fourth-order valence-corrected chi connectivity index (χ4v) is 6.04. The van der Waals surface area contributed by atoms with Crippen molar-refractivity contribution in [1.82, 2.24) is 0 Å². The molecule has 0 nitrogen and oxygen atoms in total. The van der Waals surface area contributed by atoms with Gasteiger partial charge in [0, 0.05) is 0 Å². The summed E-state index contributed by atoms with van der Waals surface area (Å²) in [5, 5.41) is 18.4. The van der Waals surface area contributed by atoms with Gasteiger partial charge in [-0.15, -0.1) is 0 Å². The van der Waals surface area contributed by atoms with Crippen LogP contribution >= 0.6 is 0 Å². The van der Waals surface area contributed by atoms with Gasteiger partial charge in [0.05, 0.1) is 0 Å². The minimum absolute atomic E-state index is 1.29. The highest BCUT2D eigenvalue weighted by atomic mass is 14.2. The Balaban J connectivity index is 1.71. The smallest absolute Gasteiger partial charge is 0.00921 e. The fourth-order valence-electron chi connectivity index (χ4n) is 6.04. The van der Waals surface area contributed by atoms with Gasteiger partial charge < -0.3 is 0 Å². The molecule has 0 unspecified atom stereocenters. The van der Waals surface area contributed by atoms with Crippen LogP contribution in [0.1, 0.15) is 0 Å². The molecule has 8 aromatic carbocycles. The van der Waals surface area contributed by atoms with Gasteiger partial charge in [-0.05, 0) is 99.7 Å². The summed E-state index contributed by atoms with van der Waals surface area (Å²) < 4.78 is 0. The average Bonchev–Trinajstić information content (AvgIpc) is 2.92. The molecule has 8 rings (SSSR count). The molecule has 0 bridgehead atoms. The molecule has 0 heterocycles. The van der Waals surface area contributed by atoms with Crippen molar-refractivity contribution < 1.29 is 0 Å². The molecular weight excluding hydrogens is 408 g/mol. The summed E-state index contributed by atoms with van der Waals surface area (Å²) in [5.41, 5.74) is 0. The Morgan fingerprint density at radius 2 is 0.441 bits per heavy atom. The van der Waals surface area contributed by atoms with Crippen LogP contribution in [0, 0.1) is 0 Å². The van der Waals surface area contributed by atoms with Crippen molar-refractivity contribution in [1.29, 1.82) is 0 Å². The van der Waals surface area contributed by atoms with Crippen LogP contribution in [-0.4, -0.2) is 0 Å². The maximum atomic E-state index is 2.45. The van der Waals surface area contributed by atoms with Crippen LogP contribution < -0.4 is 0 Å². The Kier molecular flexibility index (Phi) is 3.48. The van der Waals surface area contributed by atoms with Crippen molar-refractivity contribution in [2.45, 2.75) is 0 Å². The zero-order chi connectivity index (χ0) is 22.2. The number of fused-ring (bicyclic) bond motifs is 13. The largest absolute Gasteiger partial charge is 0.0616 e. The van der Waals surface area contributed by atoms with Crippen LogP contribution in [0.4, 0.5) is 0 Å². The molecule has 0 aromatic heterocycles. The lowest BCUT2D eigenvalue weighted by molar-refractivity contribution is 1.78. The predicted octanol–water partition coefficient (Wildman–Crippen LogP) is 9.76. The Morgan fingerprint density at radius 1 is 0.206 bits per heavy atom. The van der Waals surface area contributed by atoms with Crippen LogP contribution in [0.15, 0.2) is 121 Å². The molecule has 0 N–H and O–H groups in total. The predicted molar refractivity (Wildman–Crippen MR) is 149 cm³/mol. The second kappa shape index (κ2) is 6.56. The SMILES string of the molecule is c1ccc2cc3c(cc2c1)c1ccccc1c1cc2c4ccccc4c4ccccc4c2cc31. The molecule has 34 heavy (non-hydrogen) atoms. The molecule has 0 saturated carbocycles. The molecule has 0 aliphatic rings. The third-order valence-corrected chi connectivity index (χ3v) is 7.57. The van der Waals surface area contributed by atoms with Gasteiger partial charge in [-0.1, -0.05) is 97.1 Å². The maximum Gasteiger partial charge on any atom is -0.00921 e. The first kappa shape index (κ1) is 18.1. The lowest BCUT2D eigenvalue weighted by Crippen LogP contribution is -1.87.